The molecule has 0 spiro atoms. The molecule has 0 aliphatic rings. The highest BCUT2D eigenvalue weighted by Crippen LogP contribution is 1.96. The summed E-state index contributed by atoms with van der Waals surface area (Å²) in [5.41, 5.74) is 5.17. The number of hydrogen-bond acceptors (Lipinski definition) is 5. The summed E-state index contributed by atoms with van der Waals surface area (Å²) in [6.45, 7) is 5.71. The molecule has 4 N–H and O–H groups in total. The van der Waals surface area contributed by atoms with Crippen LogP contribution in [0, 0.1) is 0 Å². The topological polar surface area (TPSA) is 88.1 Å². The Morgan fingerprint density at radius 2 is 2.31 bits per heavy atom. The molecule has 13 heavy (non-hydrogen) atoms. The zero-order valence-electron chi connectivity index (χ0n) is 7.47. The lowest BCUT2D eigenvalue weighted by molar-refractivity contribution is 0.229. The lowest BCUT2D eigenvalue weighted by atomic mass is 9.81. The molecule has 72 valence electrons. The van der Waals surface area contributed by atoms with Crippen LogP contribution in [-0.2, 0) is 4.74 Å². The SMILES string of the molecule is C=C(/N=C\C(=C/N)B(O)O)OCC. The molecule has 6 heteroatoms. The van der Waals surface area contributed by atoms with Gasteiger partial charge in [0.15, 0.2) is 0 Å². The van der Waals surface area contributed by atoms with E-state index >= 15 is 0 Å². The summed E-state index contributed by atoms with van der Waals surface area (Å²) in [4.78, 5) is 3.70. The van der Waals surface area contributed by atoms with E-state index in [1.54, 1.807) is 6.92 Å². The van der Waals surface area contributed by atoms with Gasteiger partial charge in [-0.25, -0.2) is 4.99 Å². The molecule has 0 unspecified atom stereocenters. The van der Waals surface area contributed by atoms with Crippen LogP contribution in [0.4, 0.5) is 0 Å². The summed E-state index contributed by atoms with van der Waals surface area (Å²) in [5, 5.41) is 17.4. The van der Waals surface area contributed by atoms with Gasteiger partial charge in [-0.3, -0.25) is 0 Å². The third-order valence-corrected chi connectivity index (χ3v) is 1.16. The van der Waals surface area contributed by atoms with Crippen LogP contribution < -0.4 is 5.73 Å². The second kappa shape index (κ2) is 6.27. The van der Waals surface area contributed by atoms with Gasteiger partial charge in [0.05, 0.1) is 6.61 Å². The van der Waals surface area contributed by atoms with E-state index in [2.05, 4.69) is 11.6 Å². The molecular formula is C7H13BN2O3. The van der Waals surface area contributed by atoms with Crippen molar-refractivity contribution in [1.82, 2.24) is 0 Å². The summed E-state index contributed by atoms with van der Waals surface area (Å²) >= 11 is 0. The van der Waals surface area contributed by atoms with Crippen molar-refractivity contribution in [2.75, 3.05) is 6.61 Å². The van der Waals surface area contributed by atoms with Crippen molar-refractivity contribution in [2.24, 2.45) is 10.7 Å². The minimum Gasteiger partial charge on any atom is -0.478 e. The fourth-order valence-corrected chi connectivity index (χ4v) is 0.546. The van der Waals surface area contributed by atoms with Crippen LogP contribution in [-0.4, -0.2) is 30.0 Å². The number of rotatable bonds is 5. The molecular weight excluding hydrogens is 171 g/mol. The van der Waals surface area contributed by atoms with Crippen molar-refractivity contribution < 1.29 is 14.8 Å². The van der Waals surface area contributed by atoms with E-state index in [0.717, 1.165) is 6.20 Å². The maximum absolute atomic E-state index is 8.70. The molecule has 0 fully saturated rings. The monoisotopic (exact) mass is 184 g/mol. The third-order valence-electron chi connectivity index (χ3n) is 1.16. The van der Waals surface area contributed by atoms with Crippen molar-refractivity contribution in [3.05, 3.63) is 24.1 Å². The molecule has 0 aromatic carbocycles. The quantitative estimate of drug-likeness (QED) is 0.303. The predicted octanol–water partition coefficient (Wildman–Crippen LogP) is -0.581. The standard InChI is InChI=1S/C7H13BN2O3/c1-3-13-6(2)10-5-7(4-9)8(11)12/h4-5,11-12H,2-3,9H2,1H3/b7-4+,10-5-. The van der Waals surface area contributed by atoms with Gasteiger partial charge in [0.2, 0.25) is 5.88 Å². The highest BCUT2D eigenvalue weighted by Gasteiger charge is 2.11. The number of aliphatic imine (C=N–C) groups is 1. The molecule has 0 radical (unpaired) electrons. The molecule has 0 aromatic rings. The van der Waals surface area contributed by atoms with Gasteiger partial charge in [-0.15, -0.1) is 0 Å². The lowest BCUT2D eigenvalue weighted by Crippen LogP contribution is -2.17. The molecule has 0 bridgehead atoms. The molecule has 0 rings (SSSR count). The van der Waals surface area contributed by atoms with E-state index in [9.17, 15) is 0 Å². The summed E-state index contributed by atoms with van der Waals surface area (Å²) in [5.74, 6) is 0.197. The molecule has 0 aromatic heterocycles. The van der Waals surface area contributed by atoms with Gasteiger partial charge in [0.25, 0.3) is 0 Å². The first-order chi connectivity index (χ1) is 6.11. The van der Waals surface area contributed by atoms with Crippen LogP contribution in [0.2, 0.25) is 0 Å². The van der Waals surface area contributed by atoms with Gasteiger partial charge in [-0.05, 0) is 19.7 Å². The molecule has 0 aliphatic carbocycles. The normalized spacial score (nSPS) is 11.8. The van der Waals surface area contributed by atoms with Crippen LogP contribution in [0.3, 0.4) is 0 Å². The van der Waals surface area contributed by atoms with E-state index in [0.29, 0.717) is 6.61 Å². The number of ether oxygens (including phenoxy) is 1. The van der Waals surface area contributed by atoms with E-state index in [-0.39, 0.29) is 11.4 Å². The largest absolute Gasteiger partial charge is 0.491 e. The zero-order chi connectivity index (χ0) is 10.3. The van der Waals surface area contributed by atoms with Gasteiger partial charge in [0.1, 0.15) is 0 Å². The Morgan fingerprint density at radius 3 is 2.69 bits per heavy atom. The fourth-order valence-electron chi connectivity index (χ4n) is 0.546. The van der Waals surface area contributed by atoms with Gasteiger partial charge in [-0.1, -0.05) is 0 Å². The van der Waals surface area contributed by atoms with Gasteiger partial charge >= 0.3 is 7.12 Å². The van der Waals surface area contributed by atoms with Crippen LogP contribution in [0.1, 0.15) is 6.92 Å². The number of allylic oxidation sites excluding steroid dienone is 1. The summed E-state index contributed by atoms with van der Waals surface area (Å²) in [6.07, 6.45) is 2.23. The first kappa shape index (κ1) is 11.7. The highest BCUT2D eigenvalue weighted by molar-refractivity contribution is 6.56. The number of nitrogens with two attached hydrogens (primary N) is 1. The van der Waals surface area contributed by atoms with Crippen molar-refractivity contribution in [2.45, 2.75) is 6.92 Å². The van der Waals surface area contributed by atoms with Crippen molar-refractivity contribution in [3.8, 4) is 0 Å². The molecule has 0 amide bonds. The Kier molecular flexibility index (Phi) is 5.66. The second-order valence-corrected chi connectivity index (χ2v) is 2.13. The molecule has 5 nitrogen and oxygen atoms in total. The smallest absolute Gasteiger partial charge is 0.478 e. The molecule has 0 saturated heterocycles. The first-order valence-corrected chi connectivity index (χ1v) is 3.75. The third kappa shape index (κ3) is 5.05. The minimum absolute atomic E-state index is 0.0841. The average molecular weight is 184 g/mol. The van der Waals surface area contributed by atoms with E-state index < -0.39 is 7.12 Å². The van der Waals surface area contributed by atoms with Crippen LogP contribution >= 0.6 is 0 Å². The minimum atomic E-state index is -1.64. The maximum atomic E-state index is 8.70. The molecule has 0 saturated carbocycles. The molecule has 0 heterocycles. The Hall–Kier alpha value is -1.27. The highest BCUT2D eigenvalue weighted by atomic mass is 16.5. The van der Waals surface area contributed by atoms with E-state index in [4.69, 9.17) is 20.5 Å². The van der Waals surface area contributed by atoms with Crippen LogP contribution in [0.25, 0.3) is 0 Å². The summed E-state index contributed by atoms with van der Waals surface area (Å²) in [7, 11) is -1.64. The van der Waals surface area contributed by atoms with E-state index in [1.165, 1.54) is 6.21 Å². The average Bonchev–Trinajstić information content (AvgIpc) is 2.05. The van der Waals surface area contributed by atoms with Gasteiger partial charge in [0, 0.05) is 11.7 Å². The van der Waals surface area contributed by atoms with Crippen molar-refractivity contribution >= 4 is 13.3 Å². The zero-order valence-corrected chi connectivity index (χ0v) is 7.47. The number of nitrogens with zero attached hydrogens (tertiary/aromatic N) is 1. The molecule has 0 atom stereocenters. The second-order valence-electron chi connectivity index (χ2n) is 2.13. The predicted molar refractivity (Wildman–Crippen MR) is 51.7 cm³/mol. The van der Waals surface area contributed by atoms with Crippen LogP contribution in [0.15, 0.2) is 29.1 Å². The summed E-state index contributed by atoms with van der Waals surface area (Å²) < 4.78 is 4.89. The first-order valence-electron chi connectivity index (χ1n) is 3.75. The molecule has 0 aliphatic heterocycles. The Morgan fingerprint density at radius 1 is 1.69 bits per heavy atom. The van der Waals surface area contributed by atoms with Crippen molar-refractivity contribution in [1.29, 1.82) is 0 Å². The fraction of sp³-hybridized carbons (Fsp3) is 0.286. The number of hydrogen-bond donors (Lipinski definition) is 3. The van der Waals surface area contributed by atoms with Crippen molar-refractivity contribution in [3.63, 3.8) is 0 Å². The maximum Gasteiger partial charge on any atom is 0.491 e. The Bertz CT molecular complexity index is 226. The van der Waals surface area contributed by atoms with Crippen LogP contribution in [0.5, 0.6) is 0 Å². The Balaban J connectivity index is 4.16. The van der Waals surface area contributed by atoms with Gasteiger partial charge < -0.3 is 20.5 Å². The Labute approximate surface area is 77.4 Å². The lowest BCUT2D eigenvalue weighted by Gasteiger charge is -2.00. The summed E-state index contributed by atoms with van der Waals surface area (Å²) in [6, 6.07) is 0. The van der Waals surface area contributed by atoms with E-state index in [1.807, 2.05) is 0 Å². The van der Waals surface area contributed by atoms with Gasteiger partial charge in [-0.2, -0.15) is 0 Å².